The monoisotopic (exact) mass is 760 g/mol. The molecule has 0 bridgehead atoms. The van der Waals surface area contributed by atoms with E-state index in [0.717, 1.165) is 84.5 Å². The summed E-state index contributed by atoms with van der Waals surface area (Å²) in [4.78, 5) is 26.1. The highest BCUT2D eigenvalue weighted by Crippen LogP contribution is 2.40. The number of alkyl halides is 3. The zero-order chi connectivity index (χ0) is 35.9. The zero-order valence-electron chi connectivity index (χ0n) is 30.3. The van der Waals surface area contributed by atoms with Gasteiger partial charge in [0.05, 0.1) is 32.8 Å². The molecule has 0 aromatic heterocycles. The minimum Gasteiger partial charge on any atom is -0.465 e. The quantitative estimate of drug-likeness (QED) is 0.0829. The van der Waals surface area contributed by atoms with Crippen LogP contribution in [-0.2, 0) is 31.7 Å². The number of rotatable bonds is 14. The Morgan fingerprint density at radius 2 is 1.84 bits per heavy atom. The smallest absolute Gasteiger partial charge is 0.397 e. The van der Waals surface area contributed by atoms with E-state index in [9.17, 15) is 22.8 Å². The minimum atomic E-state index is -4.54. The summed E-state index contributed by atoms with van der Waals surface area (Å²) in [7, 11) is -7.03. The summed E-state index contributed by atoms with van der Waals surface area (Å²) in [5, 5.41) is 1.12. The Labute approximate surface area is 296 Å². The van der Waals surface area contributed by atoms with Gasteiger partial charge in [-0.05, 0) is 80.5 Å². The van der Waals surface area contributed by atoms with E-state index in [2.05, 4.69) is 39.9 Å². The average molecular weight is 761 g/mol. The predicted molar refractivity (Wildman–Crippen MR) is 195 cm³/mol. The number of hydrogen-bond donors (Lipinski definition) is 0. The van der Waals surface area contributed by atoms with Gasteiger partial charge in [0.2, 0.25) is 5.91 Å². The standard InChI is InChI=1S/C34H57F3NO7Si4/c1-7-46-44-48(8-2,23-22-47(5,6)29-15-12-14-28(25-29)38(4)32(39)26-34(35,36)37)20-11-10-19-42-49(9-3,45-46)21-13-18-41-33(40)27-16-17-30-31(24-27)43-30/h12,14-15,25,27,30-31H,7-11,13,16-24,26H2,1-6H3. The molecule has 2 aliphatic heterocycles. The van der Waals surface area contributed by atoms with E-state index in [0.29, 0.717) is 31.4 Å². The molecule has 1 radical (unpaired) electrons. The number of esters is 1. The number of carbonyl (C=O) groups excluding carboxylic acids is 2. The Kier molecular flexibility index (Phi) is 14.4. The maximum absolute atomic E-state index is 12.9. The van der Waals surface area contributed by atoms with Crippen molar-refractivity contribution >= 4 is 57.0 Å². The number of hydrogen-bond acceptors (Lipinski definition) is 7. The topological polar surface area (TPSA) is 86.8 Å². The fraction of sp³-hybridized carbons (Fsp3) is 0.765. The van der Waals surface area contributed by atoms with Gasteiger partial charge in [-0.3, -0.25) is 9.59 Å². The third kappa shape index (κ3) is 11.6. The van der Waals surface area contributed by atoms with Gasteiger partial charge in [-0.2, -0.15) is 13.2 Å². The Hall–Kier alpha value is -1.34. The van der Waals surface area contributed by atoms with Crippen LogP contribution in [-0.4, -0.2) is 84.8 Å². The highest BCUT2D eigenvalue weighted by Gasteiger charge is 2.47. The van der Waals surface area contributed by atoms with Gasteiger partial charge in [-0.25, -0.2) is 0 Å². The molecule has 2 saturated heterocycles. The maximum Gasteiger partial charge on any atom is 0.397 e. The van der Waals surface area contributed by atoms with Crippen LogP contribution in [0.15, 0.2) is 24.3 Å². The molecule has 4 rings (SSSR count). The van der Waals surface area contributed by atoms with Crippen molar-refractivity contribution in [1.29, 1.82) is 0 Å². The molecule has 1 aromatic carbocycles. The molecule has 3 aliphatic rings. The molecule has 15 heteroatoms. The number of nitrogens with zero attached hydrogens (tertiary/aromatic N) is 1. The summed E-state index contributed by atoms with van der Waals surface area (Å²) < 4.78 is 70.8. The second-order valence-corrected chi connectivity index (χ2v) is 30.0. The fourth-order valence-electron chi connectivity index (χ4n) is 7.08. The van der Waals surface area contributed by atoms with E-state index in [-0.39, 0.29) is 18.0 Å². The molecular weight excluding hydrogens is 704 g/mol. The van der Waals surface area contributed by atoms with Crippen molar-refractivity contribution in [3.8, 4) is 0 Å². The third-order valence-electron chi connectivity index (χ3n) is 10.7. The van der Waals surface area contributed by atoms with Crippen LogP contribution in [0.25, 0.3) is 0 Å². The lowest BCUT2D eigenvalue weighted by molar-refractivity contribution is -0.152. The second-order valence-electron chi connectivity index (χ2n) is 14.7. The molecule has 1 aromatic rings. The van der Waals surface area contributed by atoms with Crippen LogP contribution in [0.1, 0.15) is 65.7 Å². The van der Waals surface area contributed by atoms with Crippen LogP contribution < -0.4 is 10.1 Å². The molecule has 5 unspecified atom stereocenters. The summed E-state index contributed by atoms with van der Waals surface area (Å²) in [6.45, 7) is 12.2. The number of anilines is 1. The normalized spacial score (nSPS) is 28.4. The largest absolute Gasteiger partial charge is 0.465 e. The van der Waals surface area contributed by atoms with Gasteiger partial charge in [0.1, 0.15) is 6.42 Å². The summed E-state index contributed by atoms with van der Waals surface area (Å²) in [6.07, 6.45) is -0.125. The van der Waals surface area contributed by atoms with Crippen LogP contribution in [0.3, 0.4) is 0 Å². The number of fused-ring (bicyclic) bond motifs is 1. The molecule has 2 heterocycles. The SMILES string of the molecule is CC[Si]1O[Si](CC)(CC[Si](C)(C)c2cccc(N(C)C(=O)CC(F)(F)F)c2)CCCCO[Si](CC)(CCCOC(=O)C2CCC3OC3C2)O1. The van der Waals surface area contributed by atoms with Gasteiger partial charge in [0.15, 0.2) is 8.32 Å². The lowest BCUT2D eigenvalue weighted by Gasteiger charge is -2.40. The van der Waals surface area contributed by atoms with Crippen LogP contribution in [0.2, 0.25) is 55.4 Å². The van der Waals surface area contributed by atoms with Gasteiger partial charge < -0.3 is 27.0 Å². The van der Waals surface area contributed by atoms with Crippen molar-refractivity contribution in [3.05, 3.63) is 24.3 Å². The first-order valence-corrected chi connectivity index (χ1v) is 27.8. The van der Waals surface area contributed by atoms with Crippen molar-refractivity contribution in [2.45, 2.75) is 140 Å². The van der Waals surface area contributed by atoms with Crippen molar-refractivity contribution in [1.82, 2.24) is 0 Å². The number of epoxide rings is 1. The van der Waals surface area contributed by atoms with Gasteiger partial charge in [0.25, 0.3) is 0 Å². The molecule has 8 nitrogen and oxygen atoms in total. The fourth-order valence-corrected chi connectivity index (χ4v) is 24.4. The number of ether oxygens (including phenoxy) is 2. The van der Waals surface area contributed by atoms with E-state index in [1.54, 1.807) is 6.07 Å². The number of carbonyl (C=O) groups is 2. The molecule has 277 valence electrons. The molecule has 1 saturated carbocycles. The molecule has 1 amide bonds. The third-order valence-corrected chi connectivity index (χ3v) is 26.9. The van der Waals surface area contributed by atoms with E-state index in [4.69, 9.17) is 22.1 Å². The van der Waals surface area contributed by atoms with E-state index in [1.807, 2.05) is 12.1 Å². The van der Waals surface area contributed by atoms with Crippen LogP contribution in [0.4, 0.5) is 18.9 Å². The van der Waals surface area contributed by atoms with Gasteiger partial charge >= 0.3 is 30.0 Å². The Balaban J connectivity index is 1.38. The number of halogens is 3. The summed E-state index contributed by atoms with van der Waals surface area (Å²) >= 11 is 0. The van der Waals surface area contributed by atoms with Crippen molar-refractivity contribution < 1.29 is 44.9 Å². The average Bonchev–Trinajstić information content (AvgIpc) is 3.86. The Morgan fingerprint density at radius 1 is 1.06 bits per heavy atom. The summed E-state index contributed by atoms with van der Waals surface area (Å²) in [6, 6.07) is 13.9. The first kappa shape index (κ1) is 40.4. The van der Waals surface area contributed by atoms with Crippen LogP contribution in [0.5, 0.6) is 0 Å². The molecule has 0 N–H and O–H groups in total. The molecule has 0 spiro atoms. The van der Waals surface area contributed by atoms with Crippen LogP contribution in [0, 0.1) is 5.92 Å². The van der Waals surface area contributed by atoms with Crippen molar-refractivity contribution in [3.63, 3.8) is 0 Å². The minimum absolute atomic E-state index is 0.0523. The highest BCUT2D eigenvalue weighted by atomic mass is 28.5. The Morgan fingerprint density at radius 3 is 2.51 bits per heavy atom. The first-order valence-electron chi connectivity index (χ1n) is 18.3. The molecule has 49 heavy (non-hydrogen) atoms. The van der Waals surface area contributed by atoms with Gasteiger partial charge in [-0.15, -0.1) is 0 Å². The van der Waals surface area contributed by atoms with Crippen molar-refractivity contribution in [2.75, 3.05) is 25.2 Å². The summed E-state index contributed by atoms with van der Waals surface area (Å²) in [5.41, 5.74) is 0.491. The van der Waals surface area contributed by atoms with Crippen LogP contribution >= 0.6 is 0 Å². The van der Waals surface area contributed by atoms with Crippen molar-refractivity contribution in [2.24, 2.45) is 5.92 Å². The first-order chi connectivity index (χ1) is 23.1. The lowest BCUT2D eigenvalue weighted by Crippen LogP contribution is -2.53. The highest BCUT2D eigenvalue weighted by molar-refractivity contribution is 6.91. The van der Waals surface area contributed by atoms with E-state index in [1.165, 1.54) is 7.05 Å². The summed E-state index contributed by atoms with van der Waals surface area (Å²) in [5.74, 6) is -1.12. The molecule has 1 aliphatic carbocycles. The van der Waals surface area contributed by atoms with Gasteiger partial charge in [-0.1, -0.05) is 63.6 Å². The second kappa shape index (κ2) is 17.5. The molecule has 3 fully saturated rings. The zero-order valence-corrected chi connectivity index (χ0v) is 34.3. The Bertz CT molecular complexity index is 1260. The predicted octanol–water partition coefficient (Wildman–Crippen LogP) is 7.80. The van der Waals surface area contributed by atoms with E-state index < -0.39 is 52.7 Å². The lowest BCUT2D eigenvalue weighted by atomic mass is 9.89. The van der Waals surface area contributed by atoms with Gasteiger partial charge in [0, 0.05) is 19.3 Å². The maximum atomic E-state index is 12.9. The van der Waals surface area contributed by atoms with E-state index >= 15 is 0 Å². The number of benzene rings is 1. The molecular formula is C34H57F3NO7Si4. The number of amides is 1. The molecule has 5 atom stereocenters.